The van der Waals surface area contributed by atoms with Crippen LogP contribution >= 0.6 is 0 Å². The molecule has 3 aromatic heterocycles. The van der Waals surface area contributed by atoms with E-state index in [1.165, 1.54) is 24.2 Å². The minimum Gasteiger partial charge on any atom is -0.478 e. The standard InChI is InChI=1S/C14H11N5O4/c1-19-11(8(7-16-19)13(21)22)12(20)18-14-15-5-4-9(17-14)10-3-2-6-23-10/h2-7H,1H3,(H,21,22)(H,15,17,18,20). The highest BCUT2D eigenvalue weighted by molar-refractivity contribution is 6.08. The van der Waals surface area contributed by atoms with Crippen LogP contribution in [-0.2, 0) is 7.05 Å². The van der Waals surface area contributed by atoms with Crippen molar-refractivity contribution < 1.29 is 19.1 Å². The van der Waals surface area contributed by atoms with Gasteiger partial charge in [0.05, 0.1) is 12.5 Å². The Morgan fingerprint density at radius 2 is 2.17 bits per heavy atom. The maximum Gasteiger partial charge on any atom is 0.339 e. The van der Waals surface area contributed by atoms with Crippen LogP contribution in [0.2, 0.25) is 0 Å². The van der Waals surface area contributed by atoms with Gasteiger partial charge in [0.25, 0.3) is 5.91 Å². The van der Waals surface area contributed by atoms with Crippen LogP contribution in [0.15, 0.2) is 41.3 Å². The summed E-state index contributed by atoms with van der Waals surface area (Å²) in [4.78, 5) is 31.5. The lowest BCUT2D eigenvalue weighted by Gasteiger charge is -2.06. The zero-order valence-corrected chi connectivity index (χ0v) is 11.9. The van der Waals surface area contributed by atoms with Gasteiger partial charge in [0, 0.05) is 13.2 Å². The molecule has 0 bridgehead atoms. The van der Waals surface area contributed by atoms with Crippen molar-refractivity contribution in [1.82, 2.24) is 19.7 Å². The molecule has 0 aliphatic carbocycles. The number of furan rings is 1. The molecular formula is C14H11N5O4. The highest BCUT2D eigenvalue weighted by atomic mass is 16.4. The molecule has 9 heteroatoms. The Balaban J connectivity index is 1.88. The van der Waals surface area contributed by atoms with E-state index in [4.69, 9.17) is 9.52 Å². The van der Waals surface area contributed by atoms with Gasteiger partial charge in [0.2, 0.25) is 5.95 Å². The Bertz CT molecular complexity index is 869. The molecule has 0 aliphatic rings. The molecule has 2 N–H and O–H groups in total. The lowest BCUT2D eigenvalue weighted by molar-refractivity contribution is 0.0692. The van der Waals surface area contributed by atoms with Gasteiger partial charge in [-0.2, -0.15) is 5.10 Å². The molecule has 3 rings (SSSR count). The number of carboxylic acid groups (broad SMARTS) is 1. The molecule has 0 fully saturated rings. The maximum atomic E-state index is 12.3. The van der Waals surface area contributed by atoms with Crippen LogP contribution < -0.4 is 5.32 Å². The van der Waals surface area contributed by atoms with Gasteiger partial charge in [-0.15, -0.1) is 0 Å². The highest BCUT2D eigenvalue weighted by Crippen LogP contribution is 2.18. The van der Waals surface area contributed by atoms with E-state index in [2.05, 4.69) is 20.4 Å². The Morgan fingerprint density at radius 3 is 2.87 bits per heavy atom. The molecule has 23 heavy (non-hydrogen) atoms. The molecular weight excluding hydrogens is 302 g/mol. The van der Waals surface area contributed by atoms with Crippen molar-refractivity contribution in [2.24, 2.45) is 7.05 Å². The van der Waals surface area contributed by atoms with Crippen molar-refractivity contribution in [3.8, 4) is 11.5 Å². The fraction of sp³-hybridized carbons (Fsp3) is 0.0714. The summed E-state index contributed by atoms with van der Waals surface area (Å²) < 4.78 is 6.40. The number of aromatic nitrogens is 4. The molecule has 3 heterocycles. The summed E-state index contributed by atoms with van der Waals surface area (Å²) in [5.41, 5.74) is 0.195. The summed E-state index contributed by atoms with van der Waals surface area (Å²) in [6, 6.07) is 5.06. The minimum absolute atomic E-state index is 0.0291. The molecule has 0 radical (unpaired) electrons. The summed E-state index contributed by atoms with van der Waals surface area (Å²) in [6.07, 6.45) is 4.07. The lowest BCUT2D eigenvalue weighted by atomic mass is 10.2. The third kappa shape index (κ3) is 2.79. The van der Waals surface area contributed by atoms with Gasteiger partial charge in [-0.25, -0.2) is 14.8 Å². The second-order valence-corrected chi connectivity index (χ2v) is 4.53. The van der Waals surface area contributed by atoms with Crippen LogP contribution in [0.25, 0.3) is 11.5 Å². The van der Waals surface area contributed by atoms with Crippen LogP contribution in [0.4, 0.5) is 5.95 Å². The van der Waals surface area contributed by atoms with Gasteiger partial charge >= 0.3 is 5.97 Å². The molecule has 0 unspecified atom stereocenters. The molecule has 0 spiro atoms. The van der Waals surface area contributed by atoms with Crippen molar-refractivity contribution in [3.05, 3.63) is 48.1 Å². The van der Waals surface area contributed by atoms with Gasteiger partial charge in [-0.1, -0.05) is 0 Å². The number of aromatic carboxylic acids is 1. The smallest absolute Gasteiger partial charge is 0.339 e. The number of carboxylic acids is 1. The fourth-order valence-corrected chi connectivity index (χ4v) is 2.00. The number of carbonyl (C=O) groups is 2. The van der Waals surface area contributed by atoms with Crippen molar-refractivity contribution in [1.29, 1.82) is 0 Å². The predicted octanol–water partition coefficient (Wildman–Crippen LogP) is 1.42. The van der Waals surface area contributed by atoms with Gasteiger partial charge in [-0.3, -0.25) is 14.8 Å². The van der Waals surface area contributed by atoms with Gasteiger partial charge in [0.15, 0.2) is 5.76 Å². The fourth-order valence-electron chi connectivity index (χ4n) is 2.00. The largest absolute Gasteiger partial charge is 0.478 e. The van der Waals surface area contributed by atoms with E-state index in [9.17, 15) is 9.59 Å². The first-order valence-corrected chi connectivity index (χ1v) is 6.50. The number of anilines is 1. The molecule has 3 aromatic rings. The first-order chi connectivity index (χ1) is 11.1. The first-order valence-electron chi connectivity index (χ1n) is 6.50. The van der Waals surface area contributed by atoms with E-state index in [1.807, 2.05) is 0 Å². The average molecular weight is 313 g/mol. The summed E-state index contributed by atoms with van der Waals surface area (Å²) in [7, 11) is 1.47. The van der Waals surface area contributed by atoms with Crippen molar-refractivity contribution in [3.63, 3.8) is 0 Å². The maximum absolute atomic E-state index is 12.3. The third-order valence-corrected chi connectivity index (χ3v) is 3.04. The number of nitrogens with one attached hydrogen (secondary N) is 1. The first kappa shape index (κ1) is 14.4. The van der Waals surface area contributed by atoms with E-state index in [0.717, 1.165) is 6.20 Å². The van der Waals surface area contributed by atoms with Crippen LogP contribution in [0.3, 0.4) is 0 Å². The molecule has 1 amide bonds. The van der Waals surface area contributed by atoms with Crippen molar-refractivity contribution in [2.45, 2.75) is 0 Å². The van der Waals surface area contributed by atoms with Crippen LogP contribution in [0.5, 0.6) is 0 Å². The molecule has 0 aliphatic heterocycles. The van der Waals surface area contributed by atoms with Crippen molar-refractivity contribution >= 4 is 17.8 Å². The summed E-state index contributed by atoms with van der Waals surface area (Å²) in [5.74, 6) is -1.36. The third-order valence-electron chi connectivity index (χ3n) is 3.04. The Morgan fingerprint density at radius 1 is 1.35 bits per heavy atom. The molecule has 116 valence electrons. The van der Waals surface area contributed by atoms with Gasteiger partial charge in [0.1, 0.15) is 17.0 Å². The summed E-state index contributed by atoms with van der Waals surface area (Å²) in [6.45, 7) is 0. The zero-order valence-electron chi connectivity index (χ0n) is 11.9. The monoisotopic (exact) mass is 313 g/mol. The molecule has 9 nitrogen and oxygen atoms in total. The van der Waals surface area contributed by atoms with Crippen LogP contribution in [0, 0.1) is 0 Å². The Hall–Kier alpha value is -3.49. The average Bonchev–Trinajstić information content (AvgIpc) is 3.16. The Labute approximate surface area is 129 Å². The van der Waals surface area contributed by atoms with Gasteiger partial charge < -0.3 is 9.52 Å². The van der Waals surface area contributed by atoms with Crippen LogP contribution in [0.1, 0.15) is 20.8 Å². The molecule has 0 atom stereocenters. The zero-order chi connectivity index (χ0) is 16.4. The molecule has 0 aromatic carbocycles. The van der Waals surface area contributed by atoms with E-state index >= 15 is 0 Å². The summed E-state index contributed by atoms with van der Waals surface area (Å²) in [5, 5.41) is 15.3. The summed E-state index contributed by atoms with van der Waals surface area (Å²) >= 11 is 0. The Kier molecular flexibility index (Phi) is 3.59. The second kappa shape index (κ2) is 5.72. The van der Waals surface area contributed by atoms with E-state index in [0.29, 0.717) is 11.5 Å². The van der Waals surface area contributed by atoms with E-state index in [1.54, 1.807) is 18.2 Å². The SMILES string of the molecule is Cn1ncc(C(=O)O)c1C(=O)Nc1nccc(-c2ccco2)n1. The number of carbonyl (C=O) groups excluding carboxylic acids is 1. The topological polar surface area (TPSA) is 123 Å². The number of rotatable bonds is 4. The van der Waals surface area contributed by atoms with Crippen molar-refractivity contribution in [2.75, 3.05) is 5.32 Å². The van der Waals surface area contributed by atoms with Gasteiger partial charge in [-0.05, 0) is 18.2 Å². The normalized spacial score (nSPS) is 10.5. The molecule has 0 saturated carbocycles. The number of amides is 1. The number of nitrogens with zero attached hydrogens (tertiary/aromatic N) is 4. The number of hydrogen-bond donors (Lipinski definition) is 2. The molecule has 0 saturated heterocycles. The van der Waals surface area contributed by atoms with Crippen LogP contribution in [-0.4, -0.2) is 36.7 Å². The predicted molar refractivity (Wildman–Crippen MR) is 77.9 cm³/mol. The number of hydrogen-bond acceptors (Lipinski definition) is 6. The quantitative estimate of drug-likeness (QED) is 0.746. The van der Waals surface area contributed by atoms with E-state index in [-0.39, 0.29) is 17.2 Å². The minimum atomic E-state index is -1.24. The lowest BCUT2D eigenvalue weighted by Crippen LogP contribution is -2.20. The highest BCUT2D eigenvalue weighted by Gasteiger charge is 2.22. The van der Waals surface area contributed by atoms with E-state index < -0.39 is 11.9 Å². The second-order valence-electron chi connectivity index (χ2n) is 4.53. The number of aryl methyl sites for hydroxylation is 1.